The number of anilines is 1. The Morgan fingerprint density at radius 1 is 1.17 bits per heavy atom. The van der Waals surface area contributed by atoms with Crippen molar-refractivity contribution < 1.29 is 18.3 Å². The lowest BCUT2D eigenvalue weighted by molar-refractivity contribution is -0.198. The number of hydrogen-bond acceptors (Lipinski definition) is 5. The minimum absolute atomic E-state index is 0.291. The van der Waals surface area contributed by atoms with Crippen LogP contribution >= 0.6 is 0 Å². The fraction of sp³-hybridized carbons (Fsp3) is 0.750. The normalized spacial score (nSPS) is 20.5. The number of aliphatic hydroxyl groups excluding tert-OH is 1. The Morgan fingerprint density at radius 2 is 1.88 bits per heavy atom. The molecule has 1 aromatic heterocycles. The predicted octanol–water partition coefficient (Wildman–Crippen LogP) is 2.16. The maximum Gasteiger partial charge on any atom is 0.416 e. The van der Waals surface area contributed by atoms with Gasteiger partial charge in [0.2, 0.25) is 0 Å². The van der Waals surface area contributed by atoms with Crippen LogP contribution in [0.1, 0.15) is 48.7 Å². The van der Waals surface area contributed by atoms with Gasteiger partial charge in [0.15, 0.2) is 6.10 Å². The highest BCUT2D eigenvalue weighted by molar-refractivity contribution is 5.48. The Kier molecular flexibility index (Phi) is 5.24. The van der Waals surface area contributed by atoms with Crippen LogP contribution in [0.25, 0.3) is 0 Å². The molecule has 1 aliphatic heterocycles. The van der Waals surface area contributed by atoms with E-state index in [1.807, 2.05) is 0 Å². The number of fused-ring (bicyclic) bond motifs is 1. The van der Waals surface area contributed by atoms with E-state index in [1.165, 1.54) is 0 Å². The summed E-state index contributed by atoms with van der Waals surface area (Å²) in [6, 6.07) is 0. The topological polar surface area (TPSA) is 70.1 Å². The molecule has 1 aromatic rings. The molecule has 0 bridgehead atoms. The standard InChI is InChI=1S/C16H23F3N4O/c17-16(18,19)13(24)9-21-15-11-5-7-20-8-6-12(11)22-14(23-15)10-3-1-2-4-10/h10,13,20,24H,1-9H2,(H,21,22,23)/t13-/m0/s1. The second-order valence-corrected chi connectivity index (χ2v) is 6.53. The van der Waals surface area contributed by atoms with Gasteiger partial charge < -0.3 is 15.7 Å². The second-order valence-electron chi connectivity index (χ2n) is 6.53. The summed E-state index contributed by atoms with van der Waals surface area (Å²) in [5.41, 5.74) is 1.79. The van der Waals surface area contributed by atoms with Gasteiger partial charge in [0.1, 0.15) is 11.6 Å². The molecule has 1 atom stereocenters. The van der Waals surface area contributed by atoms with E-state index in [-0.39, 0.29) is 0 Å². The number of alkyl halides is 3. The minimum Gasteiger partial charge on any atom is -0.382 e. The van der Waals surface area contributed by atoms with Gasteiger partial charge in [-0.1, -0.05) is 12.8 Å². The predicted molar refractivity (Wildman–Crippen MR) is 84.1 cm³/mol. The molecule has 0 radical (unpaired) electrons. The molecule has 2 heterocycles. The van der Waals surface area contributed by atoms with Gasteiger partial charge in [-0.15, -0.1) is 0 Å². The monoisotopic (exact) mass is 344 g/mol. The van der Waals surface area contributed by atoms with E-state index >= 15 is 0 Å². The summed E-state index contributed by atoms with van der Waals surface area (Å²) in [6.07, 6.45) is -1.28. The van der Waals surface area contributed by atoms with E-state index in [9.17, 15) is 18.3 Å². The average Bonchev–Trinajstić information content (AvgIpc) is 2.96. The van der Waals surface area contributed by atoms with Gasteiger partial charge in [0.25, 0.3) is 0 Å². The third-order valence-corrected chi connectivity index (χ3v) is 4.76. The maximum absolute atomic E-state index is 12.5. The van der Waals surface area contributed by atoms with Crippen LogP contribution in [0.15, 0.2) is 0 Å². The highest BCUT2D eigenvalue weighted by Gasteiger charge is 2.38. The van der Waals surface area contributed by atoms with Gasteiger partial charge in [-0.2, -0.15) is 13.2 Å². The molecular formula is C16H23F3N4O. The molecule has 24 heavy (non-hydrogen) atoms. The molecule has 3 N–H and O–H groups in total. The van der Waals surface area contributed by atoms with Gasteiger partial charge in [0, 0.05) is 24.4 Å². The molecule has 0 unspecified atom stereocenters. The number of rotatable bonds is 4. The van der Waals surface area contributed by atoms with Crippen molar-refractivity contribution in [3.05, 3.63) is 17.1 Å². The van der Waals surface area contributed by atoms with Crippen molar-refractivity contribution in [1.29, 1.82) is 0 Å². The van der Waals surface area contributed by atoms with Crippen molar-refractivity contribution in [2.75, 3.05) is 25.0 Å². The zero-order chi connectivity index (χ0) is 17.2. The molecule has 2 aliphatic rings. The number of nitrogens with zero attached hydrogens (tertiary/aromatic N) is 2. The van der Waals surface area contributed by atoms with Crippen molar-refractivity contribution in [3.8, 4) is 0 Å². The van der Waals surface area contributed by atoms with Crippen molar-refractivity contribution in [3.63, 3.8) is 0 Å². The molecule has 3 rings (SSSR count). The summed E-state index contributed by atoms with van der Waals surface area (Å²) in [6.45, 7) is 0.957. The SMILES string of the molecule is O[C@@H](CNc1nc(C2CCCC2)nc2c1CCNCC2)C(F)(F)F. The summed E-state index contributed by atoms with van der Waals surface area (Å²) in [7, 11) is 0. The molecule has 1 aliphatic carbocycles. The van der Waals surface area contributed by atoms with Crippen LogP contribution < -0.4 is 10.6 Å². The number of aliphatic hydroxyl groups is 1. The van der Waals surface area contributed by atoms with Crippen molar-refractivity contribution in [1.82, 2.24) is 15.3 Å². The number of hydrogen-bond donors (Lipinski definition) is 3. The van der Waals surface area contributed by atoms with Crippen molar-refractivity contribution in [2.24, 2.45) is 0 Å². The van der Waals surface area contributed by atoms with Crippen molar-refractivity contribution >= 4 is 5.82 Å². The van der Waals surface area contributed by atoms with Crippen LogP contribution in [0.3, 0.4) is 0 Å². The maximum atomic E-state index is 12.5. The zero-order valence-corrected chi connectivity index (χ0v) is 13.5. The summed E-state index contributed by atoms with van der Waals surface area (Å²) in [5, 5.41) is 15.2. The molecule has 0 spiro atoms. The van der Waals surface area contributed by atoms with Gasteiger partial charge in [-0.25, -0.2) is 9.97 Å². The molecule has 1 fully saturated rings. The first-order valence-corrected chi connectivity index (χ1v) is 8.54. The minimum atomic E-state index is -4.63. The first kappa shape index (κ1) is 17.4. The van der Waals surface area contributed by atoms with Gasteiger partial charge in [-0.3, -0.25) is 0 Å². The molecule has 0 saturated heterocycles. The van der Waals surface area contributed by atoms with Crippen LogP contribution in [0.5, 0.6) is 0 Å². The van der Waals surface area contributed by atoms with Crippen LogP contribution in [-0.2, 0) is 12.8 Å². The summed E-state index contributed by atoms with van der Waals surface area (Å²) < 4.78 is 37.6. The largest absolute Gasteiger partial charge is 0.416 e. The van der Waals surface area contributed by atoms with Gasteiger partial charge >= 0.3 is 6.18 Å². The second kappa shape index (κ2) is 7.23. The first-order valence-electron chi connectivity index (χ1n) is 8.54. The summed E-state index contributed by atoms with van der Waals surface area (Å²) in [4.78, 5) is 9.25. The van der Waals surface area contributed by atoms with Crippen LogP contribution in [0.4, 0.5) is 19.0 Å². The Labute approximate surface area is 139 Å². The van der Waals surface area contributed by atoms with Crippen molar-refractivity contribution in [2.45, 2.75) is 56.7 Å². The average molecular weight is 344 g/mol. The Morgan fingerprint density at radius 3 is 2.58 bits per heavy atom. The molecule has 8 heteroatoms. The van der Waals surface area contributed by atoms with E-state index in [4.69, 9.17) is 4.98 Å². The quantitative estimate of drug-likeness (QED) is 0.781. The van der Waals surface area contributed by atoms with Crippen LogP contribution in [-0.4, -0.2) is 47.0 Å². The Bertz CT molecular complexity index is 573. The lowest BCUT2D eigenvalue weighted by Gasteiger charge is -2.19. The molecule has 1 saturated carbocycles. The molecule has 134 valence electrons. The van der Waals surface area contributed by atoms with E-state index in [0.717, 1.165) is 62.3 Å². The highest BCUT2D eigenvalue weighted by Crippen LogP contribution is 2.34. The smallest absolute Gasteiger partial charge is 0.382 e. The first-order chi connectivity index (χ1) is 11.4. The molecule has 0 amide bonds. The van der Waals surface area contributed by atoms with E-state index in [2.05, 4.69) is 15.6 Å². The fourth-order valence-corrected chi connectivity index (χ4v) is 3.39. The highest BCUT2D eigenvalue weighted by atomic mass is 19.4. The zero-order valence-electron chi connectivity index (χ0n) is 13.5. The van der Waals surface area contributed by atoms with Crippen LogP contribution in [0, 0.1) is 0 Å². The number of nitrogens with one attached hydrogen (secondary N) is 2. The van der Waals surface area contributed by atoms with Gasteiger partial charge in [0.05, 0.1) is 12.2 Å². The van der Waals surface area contributed by atoms with E-state index < -0.39 is 18.8 Å². The number of aromatic nitrogens is 2. The van der Waals surface area contributed by atoms with E-state index in [0.29, 0.717) is 18.2 Å². The third kappa shape index (κ3) is 3.97. The molecule has 5 nitrogen and oxygen atoms in total. The lowest BCUT2D eigenvalue weighted by Crippen LogP contribution is -2.35. The molecule has 0 aromatic carbocycles. The number of halogens is 3. The summed E-state index contributed by atoms with van der Waals surface area (Å²) >= 11 is 0. The fourth-order valence-electron chi connectivity index (χ4n) is 3.39. The van der Waals surface area contributed by atoms with E-state index in [1.54, 1.807) is 0 Å². The van der Waals surface area contributed by atoms with Crippen LogP contribution in [0.2, 0.25) is 0 Å². The molecular weight excluding hydrogens is 321 g/mol. The van der Waals surface area contributed by atoms with Gasteiger partial charge in [-0.05, 0) is 25.8 Å². The Hall–Kier alpha value is -1.41. The lowest BCUT2D eigenvalue weighted by atomic mass is 10.0. The summed E-state index contributed by atoms with van der Waals surface area (Å²) in [5.74, 6) is 1.48. The third-order valence-electron chi connectivity index (χ3n) is 4.76. The Balaban J connectivity index is 1.85.